The van der Waals surface area contributed by atoms with Crippen LogP contribution in [0.2, 0.25) is 0 Å². The number of benzene rings is 1. The van der Waals surface area contributed by atoms with Gasteiger partial charge < -0.3 is 29.7 Å². The third-order valence-electron chi connectivity index (χ3n) is 6.45. The van der Waals surface area contributed by atoms with Crippen molar-refractivity contribution in [2.45, 2.75) is 63.1 Å². The van der Waals surface area contributed by atoms with E-state index in [0.717, 1.165) is 0 Å². The first kappa shape index (κ1) is 28.2. The first-order valence-corrected chi connectivity index (χ1v) is 14.1. The van der Waals surface area contributed by atoms with Gasteiger partial charge in [-0.2, -0.15) is 15.1 Å². The molecule has 1 saturated carbocycles. The fraction of sp³-hybridized carbons (Fsp3) is 0.500. The van der Waals surface area contributed by atoms with Gasteiger partial charge in [0.15, 0.2) is 35.0 Å². The van der Waals surface area contributed by atoms with Gasteiger partial charge in [-0.15, -0.1) is 0 Å². The molecule has 2 aliphatic rings. The summed E-state index contributed by atoms with van der Waals surface area (Å²) in [6, 6.07) is 6.96. The van der Waals surface area contributed by atoms with Crippen LogP contribution in [0.15, 0.2) is 36.7 Å². The van der Waals surface area contributed by atoms with Gasteiger partial charge in [0.05, 0.1) is 12.4 Å². The number of aromatic nitrogens is 4. The first-order chi connectivity index (χ1) is 18.8. The van der Waals surface area contributed by atoms with Gasteiger partial charge in [-0.3, -0.25) is 13.9 Å². The highest BCUT2D eigenvalue weighted by Crippen LogP contribution is 2.62. The Hall–Kier alpha value is -3.36. The van der Waals surface area contributed by atoms with E-state index >= 15 is 4.39 Å². The van der Waals surface area contributed by atoms with Gasteiger partial charge in [0.2, 0.25) is 5.95 Å². The maximum Gasteiger partial charge on any atom is 0.459 e. The van der Waals surface area contributed by atoms with Gasteiger partial charge in [0, 0.05) is 14.1 Å². The normalized spacial score (nSPS) is 27.7. The monoisotopic (exact) mass is 579 g/mol. The number of ether oxygens (including phenoxy) is 2. The molecular weight excluding hydrogens is 548 g/mol. The van der Waals surface area contributed by atoms with Crippen LogP contribution in [-0.4, -0.2) is 80.8 Å². The van der Waals surface area contributed by atoms with Crippen molar-refractivity contribution in [1.82, 2.24) is 24.6 Å². The average molecular weight is 580 g/mol. The minimum absolute atomic E-state index is 0.0494. The summed E-state index contributed by atoms with van der Waals surface area (Å²) in [5.41, 5.74) is 4.26. The van der Waals surface area contributed by atoms with Crippen LogP contribution in [0.25, 0.3) is 11.2 Å². The van der Waals surface area contributed by atoms with Crippen molar-refractivity contribution in [1.29, 1.82) is 0 Å². The smallest absolute Gasteiger partial charge is 0.459 e. The molecule has 0 bridgehead atoms. The summed E-state index contributed by atoms with van der Waals surface area (Å²) in [7, 11) is -0.879. The van der Waals surface area contributed by atoms with E-state index in [1.807, 2.05) is 0 Å². The number of nitrogens with zero attached hydrogens (tertiary/aromatic N) is 5. The minimum Gasteiger partial charge on any atom is -0.462 e. The van der Waals surface area contributed by atoms with E-state index in [-0.39, 0.29) is 17.3 Å². The fourth-order valence-electron chi connectivity index (χ4n) is 4.51. The van der Waals surface area contributed by atoms with Crippen molar-refractivity contribution < 1.29 is 37.4 Å². The number of alkyl halides is 1. The van der Waals surface area contributed by atoms with Crippen molar-refractivity contribution in [3.8, 4) is 5.75 Å². The topological polar surface area (TPSA) is 176 Å². The number of carbonyl (C=O) groups excluding carboxylic acids is 1. The number of hydrogen-bond acceptors (Lipinski definition) is 12. The summed E-state index contributed by atoms with van der Waals surface area (Å²) < 4.78 is 53.2. The number of imidazole rings is 1. The van der Waals surface area contributed by atoms with Crippen molar-refractivity contribution in [2.75, 3.05) is 24.7 Å². The minimum atomic E-state index is -4.37. The van der Waals surface area contributed by atoms with Crippen LogP contribution in [0.4, 0.5) is 16.2 Å². The zero-order chi connectivity index (χ0) is 29.0. The Bertz CT molecular complexity index is 1460. The lowest BCUT2D eigenvalue weighted by Gasteiger charge is -2.26. The number of esters is 1. The fourth-order valence-corrected chi connectivity index (χ4v) is 6.22. The highest BCUT2D eigenvalue weighted by Gasteiger charge is 2.80. The Labute approximate surface area is 229 Å². The molecular formula is C24H31FN7O7P. The lowest BCUT2D eigenvalue weighted by molar-refractivity contribution is -0.149. The lowest BCUT2D eigenvalue weighted by Crippen LogP contribution is -2.38. The second-order valence-corrected chi connectivity index (χ2v) is 11.8. The molecule has 2 fully saturated rings. The third kappa shape index (κ3) is 4.99. The molecule has 14 nitrogen and oxygen atoms in total. The number of rotatable bonds is 10. The molecule has 2 aromatic heterocycles. The summed E-state index contributed by atoms with van der Waals surface area (Å²) in [5.74, 6) is -0.160. The molecule has 1 saturated heterocycles. The summed E-state index contributed by atoms with van der Waals surface area (Å²) in [5, 5.41) is 13.7. The van der Waals surface area contributed by atoms with E-state index in [1.54, 1.807) is 51.0 Å². The number of hydrogen-bond donors (Lipinski definition) is 3. The van der Waals surface area contributed by atoms with E-state index in [0.29, 0.717) is 11.3 Å². The van der Waals surface area contributed by atoms with Crippen LogP contribution >= 0.6 is 7.75 Å². The third-order valence-corrected chi connectivity index (χ3v) is 8.11. The van der Waals surface area contributed by atoms with Crippen LogP contribution in [0, 0.1) is 0 Å². The van der Waals surface area contributed by atoms with Crippen molar-refractivity contribution in [3.05, 3.63) is 36.7 Å². The van der Waals surface area contributed by atoms with Gasteiger partial charge in [-0.05, 0) is 32.9 Å². The number of nitrogens with two attached hydrogens (primary N) is 1. The number of halogens is 1. The van der Waals surface area contributed by atoms with Crippen molar-refractivity contribution >= 4 is 36.6 Å². The van der Waals surface area contributed by atoms with Gasteiger partial charge >= 0.3 is 13.7 Å². The second-order valence-electron chi connectivity index (χ2n) is 10.1. The number of anilines is 2. The number of aliphatic hydroxyl groups is 1. The summed E-state index contributed by atoms with van der Waals surface area (Å²) in [6.07, 6.45) is -5.04. The van der Waals surface area contributed by atoms with Gasteiger partial charge in [0.25, 0.3) is 0 Å². The van der Waals surface area contributed by atoms with E-state index in [9.17, 15) is 14.5 Å². The van der Waals surface area contributed by atoms with Gasteiger partial charge in [-0.25, -0.2) is 13.9 Å². The molecule has 1 unspecified atom stereocenters. The van der Waals surface area contributed by atoms with E-state index in [4.69, 9.17) is 24.3 Å². The zero-order valence-electron chi connectivity index (χ0n) is 22.5. The highest BCUT2D eigenvalue weighted by atomic mass is 31.2. The van der Waals surface area contributed by atoms with Gasteiger partial charge in [-0.1, -0.05) is 18.2 Å². The standard InChI is InChI=1S/C24H31FN7O7P/c1-12(2)36-22(33)13(3)30-40(35,38-14-9-7-6-8-10-14)39-18-17-24(18,34)16(25)21(37-17)32-11-27-15-19(31(4)5)28-23(26)29-20(15)32/h6-13,16-18,21,34H,1-5H3,(H,30,35)(H2,26,28,29)/t13-,16+,17+,18?,21+,24-,40+/m0/s1. The first-order valence-electron chi connectivity index (χ1n) is 12.5. The van der Waals surface area contributed by atoms with Crippen molar-refractivity contribution in [3.63, 3.8) is 0 Å². The van der Waals surface area contributed by atoms with E-state index in [2.05, 4.69) is 20.0 Å². The van der Waals surface area contributed by atoms with Gasteiger partial charge in [0.1, 0.15) is 24.0 Å². The Kier molecular flexibility index (Phi) is 7.21. The highest BCUT2D eigenvalue weighted by molar-refractivity contribution is 7.52. The maximum atomic E-state index is 15.8. The second kappa shape index (κ2) is 10.2. The van der Waals surface area contributed by atoms with Crippen LogP contribution in [0.3, 0.4) is 0 Å². The molecule has 0 amide bonds. The largest absolute Gasteiger partial charge is 0.462 e. The van der Waals surface area contributed by atoms with Crippen LogP contribution < -0.4 is 20.2 Å². The predicted octanol–water partition coefficient (Wildman–Crippen LogP) is 1.96. The predicted molar refractivity (Wildman–Crippen MR) is 141 cm³/mol. The number of fused-ring (bicyclic) bond motifs is 2. The summed E-state index contributed by atoms with van der Waals surface area (Å²) >= 11 is 0. The zero-order valence-corrected chi connectivity index (χ0v) is 23.4. The molecule has 216 valence electrons. The molecule has 40 heavy (non-hydrogen) atoms. The number of carbonyl (C=O) groups is 1. The number of nitrogens with one attached hydrogen (secondary N) is 1. The molecule has 3 aromatic rings. The van der Waals surface area contributed by atoms with Crippen molar-refractivity contribution in [2.24, 2.45) is 0 Å². The molecule has 16 heteroatoms. The molecule has 1 aromatic carbocycles. The quantitative estimate of drug-likeness (QED) is 0.235. The molecule has 0 spiro atoms. The SMILES string of the molecule is CC(C)OC(=O)[C@H](C)N[P@@](=O)(Oc1ccccc1)OC1[C@H]2O[C@@H](n3cnc4c(N(C)C)nc(N)nc43)[C@@H](F)[C@@]12O. The van der Waals surface area contributed by atoms with E-state index in [1.165, 1.54) is 30.0 Å². The molecule has 0 radical (unpaired) electrons. The Morgan fingerprint density at radius 2 is 1.98 bits per heavy atom. The number of nitrogen functional groups attached to an aromatic ring is 1. The van der Waals surface area contributed by atoms with Crippen LogP contribution in [0.1, 0.15) is 27.0 Å². The van der Waals surface area contributed by atoms with E-state index < -0.39 is 56.1 Å². The molecule has 1 aliphatic heterocycles. The average Bonchev–Trinajstić information content (AvgIpc) is 3.13. The lowest BCUT2D eigenvalue weighted by atomic mass is 10.2. The Morgan fingerprint density at radius 1 is 1.27 bits per heavy atom. The summed E-state index contributed by atoms with van der Waals surface area (Å²) in [4.78, 5) is 26.7. The number of para-hydroxylation sites is 1. The van der Waals surface area contributed by atoms with Crippen LogP contribution in [-0.2, 0) is 23.4 Å². The molecule has 4 N–H and O–H groups in total. The maximum absolute atomic E-state index is 15.8. The molecule has 5 rings (SSSR count). The Morgan fingerprint density at radius 3 is 2.58 bits per heavy atom. The molecule has 7 atom stereocenters. The molecule has 3 heterocycles. The Balaban J connectivity index is 1.37. The summed E-state index contributed by atoms with van der Waals surface area (Å²) in [6.45, 7) is 4.76. The van der Waals surface area contributed by atoms with Crippen LogP contribution in [0.5, 0.6) is 5.75 Å². The molecule has 1 aliphatic carbocycles.